The minimum absolute atomic E-state index is 0.0868. The number of nitrogens with zero attached hydrogens (tertiary/aromatic N) is 2. The van der Waals surface area contributed by atoms with E-state index in [1.807, 2.05) is 0 Å². The molecule has 1 aromatic rings. The summed E-state index contributed by atoms with van der Waals surface area (Å²) < 4.78 is 36.3. The molecule has 0 unspecified atom stereocenters. The molecule has 2 rings (SSSR count). The van der Waals surface area contributed by atoms with Crippen LogP contribution in [0.3, 0.4) is 0 Å². The lowest BCUT2D eigenvalue weighted by molar-refractivity contribution is -0.152. The van der Waals surface area contributed by atoms with Gasteiger partial charge in [0.05, 0.1) is 18.1 Å². The predicted molar refractivity (Wildman–Crippen MR) is 107 cm³/mol. The number of sulfonamides is 1. The summed E-state index contributed by atoms with van der Waals surface area (Å²) in [6, 6.07) is 5.45. The first-order valence-corrected chi connectivity index (χ1v) is 11.1. The molecule has 1 heterocycles. The highest BCUT2D eigenvalue weighted by Crippen LogP contribution is 2.16. The Hall–Kier alpha value is -2.50. The fraction of sp³-hybridized carbons (Fsp3) is 0.526. The fourth-order valence-electron chi connectivity index (χ4n) is 2.84. The first kappa shape index (κ1) is 23.8. The zero-order valence-corrected chi connectivity index (χ0v) is 17.9. The highest BCUT2D eigenvalue weighted by atomic mass is 32.2. The topological polar surface area (TPSA) is 122 Å². The number of amides is 2. The van der Waals surface area contributed by atoms with Crippen LogP contribution in [0.1, 0.15) is 24.2 Å². The Kier molecular flexibility index (Phi) is 8.75. The zero-order valence-electron chi connectivity index (χ0n) is 17.1. The van der Waals surface area contributed by atoms with Crippen molar-refractivity contribution in [2.75, 3.05) is 52.5 Å². The zero-order chi connectivity index (χ0) is 22.1. The summed E-state index contributed by atoms with van der Waals surface area (Å²) in [5, 5.41) is 2.39. The molecule has 11 heteroatoms. The normalized spacial score (nSPS) is 14.4. The van der Waals surface area contributed by atoms with Crippen molar-refractivity contribution in [1.29, 1.82) is 0 Å². The summed E-state index contributed by atoms with van der Waals surface area (Å²) >= 11 is 0. The van der Waals surface area contributed by atoms with Crippen molar-refractivity contribution in [3.8, 4) is 0 Å². The smallest absolute Gasteiger partial charge is 0.325 e. The van der Waals surface area contributed by atoms with E-state index in [2.05, 4.69) is 5.32 Å². The van der Waals surface area contributed by atoms with Crippen LogP contribution >= 0.6 is 0 Å². The number of benzene rings is 1. The summed E-state index contributed by atoms with van der Waals surface area (Å²) in [5.74, 6) is -1.62. The van der Waals surface area contributed by atoms with Crippen molar-refractivity contribution in [2.24, 2.45) is 0 Å². The number of ether oxygens (including phenoxy) is 2. The Balaban J connectivity index is 1.83. The van der Waals surface area contributed by atoms with Gasteiger partial charge in [0.1, 0.15) is 6.54 Å². The summed E-state index contributed by atoms with van der Waals surface area (Å²) in [5.41, 5.74) is 0.200. The standard InChI is InChI=1S/C19H27N3O7S/c1-3-22(4-2)30(26,27)16-7-5-15(6-8-16)19(25)20-13-18(24)29-14-17(23)21-9-11-28-12-10-21/h5-8H,3-4,9-14H2,1-2H3,(H,20,25). The molecule has 0 aliphatic carbocycles. The third-order valence-corrected chi connectivity index (χ3v) is 6.64. The molecule has 0 saturated carbocycles. The number of esters is 1. The number of carbonyl (C=O) groups excluding carboxylic acids is 3. The molecule has 1 aromatic carbocycles. The minimum Gasteiger partial charge on any atom is -0.454 e. The van der Waals surface area contributed by atoms with Crippen molar-refractivity contribution in [1.82, 2.24) is 14.5 Å². The highest BCUT2D eigenvalue weighted by Gasteiger charge is 2.22. The molecule has 1 fully saturated rings. The maximum absolute atomic E-state index is 12.5. The van der Waals surface area contributed by atoms with Crippen LogP contribution in [-0.4, -0.2) is 88.0 Å². The first-order chi connectivity index (χ1) is 14.3. The van der Waals surface area contributed by atoms with Crippen LogP contribution in [0.5, 0.6) is 0 Å². The lowest BCUT2D eigenvalue weighted by Gasteiger charge is -2.26. The van der Waals surface area contributed by atoms with E-state index in [4.69, 9.17) is 9.47 Å². The third kappa shape index (κ3) is 6.25. The van der Waals surface area contributed by atoms with Crippen LogP contribution in [0.15, 0.2) is 29.2 Å². The number of nitrogens with one attached hydrogen (secondary N) is 1. The van der Waals surface area contributed by atoms with Crippen molar-refractivity contribution < 1.29 is 32.3 Å². The van der Waals surface area contributed by atoms with Crippen LogP contribution in [-0.2, 0) is 29.1 Å². The molecule has 30 heavy (non-hydrogen) atoms. The average Bonchev–Trinajstić information content (AvgIpc) is 2.77. The van der Waals surface area contributed by atoms with Gasteiger partial charge in [0, 0.05) is 31.7 Å². The van der Waals surface area contributed by atoms with Gasteiger partial charge in [-0.3, -0.25) is 14.4 Å². The lowest BCUT2D eigenvalue weighted by Crippen LogP contribution is -2.43. The number of carbonyl (C=O) groups is 3. The maximum Gasteiger partial charge on any atom is 0.325 e. The fourth-order valence-corrected chi connectivity index (χ4v) is 4.30. The SMILES string of the molecule is CCN(CC)S(=O)(=O)c1ccc(C(=O)NCC(=O)OCC(=O)N2CCOCC2)cc1. The molecule has 10 nitrogen and oxygen atoms in total. The van der Waals surface area contributed by atoms with Gasteiger partial charge in [-0.1, -0.05) is 13.8 Å². The summed E-state index contributed by atoms with van der Waals surface area (Å²) in [4.78, 5) is 37.5. The van der Waals surface area contributed by atoms with E-state index in [0.29, 0.717) is 39.4 Å². The number of morpholine rings is 1. The molecule has 1 aliphatic heterocycles. The van der Waals surface area contributed by atoms with Crippen molar-refractivity contribution in [3.05, 3.63) is 29.8 Å². The quantitative estimate of drug-likeness (QED) is 0.529. The molecule has 0 radical (unpaired) electrons. The van der Waals surface area contributed by atoms with Crippen LogP contribution in [0.4, 0.5) is 0 Å². The molecule has 2 amide bonds. The van der Waals surface area contributed by atoms with Crippen molar-refractivity contribution in [3.63, 3.8) is 0 Å². The van der Waals surface area contributed by atoms with Gasteiger partial charge in [0.15, 0.2) is 6.61 Å². The van der Waals surface area contributed by atoms with Gasteiger partial charge in [0.25, 0.3) is 11.8 Å². The Morgan fingerprint density at radius 3 is 2.27 bits per heavy atom. The van der Waals surface area contributed by atoms with E-state index in [1.54, 1.807) is 18.7 Å². The predicted octanol–water partition coefficient (Wildman–Crippen LogP) is -0.151. The molecule has 1 saturated heterocycles. The van der Waals surface area contributed by atoms with E-state index < -0.39 is 35.1 Å². The molecular formula is C19H27N3O7S. The minimum atomic E-state index is -3.61. The molecule has 0 spiro atoms. The van der Waals surface area contributed by atoms with E-state index >= 15 is 0 Å². The van der Waals surface area contributed by atoms with Gasteiger partial charge < -0.3 is 19.7 Å². The summed E-state index contributed by atoms with van der Waals surface area (Å²) in [6.07, 6.45) is 0. The number of rotatable bonds is 9. The molecular weight excluding hydrogens is 414 g/mol. The second-order valence-electron chi connectivity index (χ2n) is 6.45. The van der Waals surface area contributed by atoms with Crippen molar-refractivity contribution >= 4 is 27.8 Å². The van der Waals surface area contributed by atoms with Gasteiger partial charge >= 0.3 is 5.97 Å². The van der Waals surface area contributed by atoms with Crippen LogP contribution in [0.2, 0.25) is 0 Å². The molecule has 0 aromatic heterocycles. The lowest BCUT2D eigenvalue weighted by atomic mass is 10.2. The molecule has 1 N–H and O–H groups in total. The van der Waals surface area contributed by atoms with Gasteiger partial charge in [-0.2, -0.15) is 4.31 Å². The number of hydrogen-bond acceptors (Lipinski definition) is 7. The summed E-state index contributed by atoms with van der Waals surface area (Å²) in [7, 11) is -3.61. The molecule has 166 valence electrons. The van der Waals surface area contributed by atoms with E-state index in [1.165, 1.54) is 28.6 Å². The van der Waals surface area contributed by atoms with Crippen molar-refractivity contribution in [2.45, 2.75) is 18.7 Å². The molecule has 0 atom stereocenters. The van der Waals surface area contributed by atoms with E-state index in [9.17, 15) is 22.8 Å². The molecule has 1 aliphatic rings. The van der Waals surface area contributed by atoms with Crippen LogP contribution in [0, 0.1) is 0 Å². The Morgan fingerprint density at radius 2 is 1.70 bits per heavy atom. The molecule has 0 bridgehead atoms. The average molecular weight is 442 g/mol. The van der Waals surface area contributed by atoms with E-state index in [0.717, 1.165) is 0 Å². The van der Waals surface area contributed by atoms with Crippen LogP contribution in [0.25, 0.3) is 0 Å². The van der Waals surface area contributed by atoms with Gasteiger partial charge in [0.2, 0.25) is 10.0 Å². The van der Waals surface area contributed by atoms with Crippen LogP contribution < -0.4 is 5.32 Å². The first-order valence-electron chi connectivity index (χ1n) is 9.69. The van der Waals surface area contributed by atoms with E-state index in [-0.39, 0.29) is 16.4 Å². The number of hydrogen-bond donors (Lipinski definition) is 1. The largest absolute Gasteiger partial charge is 0.454 e. The maximum atomic E-state index is 12.5. The second-order valence-corrected chi connectivity index (χ2v) is 8.39. The monoisotopic (exact) mass is 441 g/mol. The van der Waals surface area contributed by atoms with Gasteiger partial charge in [-0.15, -0.1) is 0 Å². The van der Waals surface area contributed by atoms with Gasteiger partial charge in [-0.25, -0.2) is 8.42 Å². The Labute approximate surface area is 176 Å². The second kappa shape index (κ2) is 11.0. The summed E-state index contributed by atoms with van der Waals surface area (Å²) in [6.45, 7) is 5.18. The Bertz CT molecular complexity index is 845. The Morgan fingerprint density at radius 1 is 1.10 bits per heavy atom. The van der Waals surface area contributed by atoms with Gasteiger partial charge in [-0.05, 0) is 24.3 Å². The highest BCUT2D eigenvalue weighted by molar-refractivity contribution is 7.89. The third-order valence-electron chi connectivity index (χ3n) is 4.57.